The Morgan fingerprint density at radius 2 is 1.76 bits per heavy atom. The summed E-state index contributed by atoms with van der Waals surface area (Å²) in [6.07, 6.45) is 2.05. The molecule has 10 heteroatoms. The molecule has 3 aromatic carbocycles. The number of nitrogens with zero attached hydrogens (tertiary/aromatic N) is 1. The van der Waals surface area contributed by atoms with Crippen LogP contribution in [0.4, 0.5) is 19.6 Å². The lowest BCUT2D eigenvalue weighted by Gasteiger charge is -2.10. The molecule has 1 amide bonds. The van der Waals surface area contributed by atoms with Crippen molar-refractivity contribution >= 4 is 38.1 Å². The van der Waals surface area contributed by atoms with Crippen LogP contribution >= 0.6 is 11.3 Å². The van der Waals surface area contributed by atoms with E-state index in [1.54, 1.807) is 18.3 Å². The number of amides is 1. The number of aromatic nitrogens is 1. The molecule has 0 spiro atoms. The number of para-hydroxylation sites is 1. The van der Waals surface area contributed by atoms with Crippen molar-refractivity contribution in [3.05, 3.63) is 107 Å². The lowest BCUT2D eigenvalue weighted by atomic mass is 10.1. The predicted molar refractivity (Wildman–Crippen MR) is 123 cm³/mol. The number of rotatable bonds is 7. The van der Waals surface area contributed by atoms with Gasteiger partial charge in [0.25, 0.3) is 15.9 Å². The van der Waals surface area contributed by atoms with Crippen LogP contribution in [0, 0.1) is 11.6 Å². The average Bonchev–Trinajstić information content (AvgIpc) is 3.22. The third kappa shape index (κ3) is 5.60. The van der Waals surface area contributed by atoms with Crippen molar-refractivity contribution in [2.45, 2.75) is 11.3 Å². The van der Waals surface area contributed by atoms with Crippen LogP contribution < -0.4 is 10.0 Å². The van der Waals surface area contributed by atoms with E-state index in [9.17, 15) is 22.0 Å². The third-order valence-electron chi connectivity index (χ3n) is 4.57. The average molecular weight is 486 g/mol. The summed E-state index contributed by atoms with van der Waals surface area (Å²) in [5.74, 6) is -1.60. The second kappa shape index (κ2) is 9.47. The first kappa shape index (κ1) is 22.6. The molecule has 2 N–H and O–H groups in total. The number of hydrogen-bond acceptors (Lipinski definition) is 5. The topological polar surface area (TPSA) is 88.2 Å². The molecular weight excluding hydrogens is 468 g/mol. The maximum absolute atomic E-state index is 13.8. The number of carbonyl (C=O) groups is 1. The van der Waals surface area contributed by atoms with Gasteiger partial charge < -0.3 is 0 Å². The van der Waals surface area contributed by atoms with Gasteiger partial charge >= 0.3 is 0 Å². The Labute approximate surface area is 193 Å². The van der Waals surface area contributed by atoms with Gasteiger partial charge in [-0.1, -0.05) is 30.3 Å². The molecule has 4 rings (SSSR count). The Balaban J connectivity index is 1.47. The molecule has 0 unspecified atom stereocenters. The molecule has 0 bridgehead atoms. The molecule has 1 aromatic heterocycles. The van der Waals surface area contributed by atoms with Crippen LogP contribution in [0.5, 0.6) is 0 Å². The highest BCUT2D eigenvalue weighted by molar-refractivity contribution is 7.92. The van der Waals surface area contributed by atoms with E-state index in [0.29, 0.717) is 11.6 Å². The van der Waals surface area contributed by atoms with Gasteiger partial charge in [0.1, 0.15) is 11.6 Å². The van der Waals surface area contributed by atoms with Crippen molar-refractivity contribution in [3.63, 3.8) is 0 Å². The summed E-state index contributed by atoms with van der Waals surface area (Å²) in [6.45, 7) is 0. The predicted octanol–water partition coefficient (Wildman–Crippen LogP) is 5.07. The van der Waals surface area contributed by atoms with Gasteiger partial charge in [0.05, 0.1) is 10.6 Å². The normalized spacial score (nSPS) is 11.2. The van der Waals surface area contributed by atoms with E-state index in [1.165, 1.54) is 65.9 Å². The Kier molecular flexibility index (Phi) is 6.47. The molecule has 0 radical (unpaired) electrons. The Morgan fingerprint density at radius 1 is 0.970 bits per heavy atom. The van der Waals surface area contributed by atoms with Gasteiger partial charge in [-0.25, -0.2) is 22.2 Å². The molecule has 0 saturated heterocycles. The van der Waals surface area contributed by atoms with Crippen LogP contribution in [-0.2, 0) is 16.4 Å². The van der Waals surface area contributed by atoms with E-state index in [0.717, 1.165) is 16.5 Å². The van der Waals surface area contributed by atoms with E-state index in [4.69, 9.17) is 0 Å². The van der Waals surface area contributed by atoms with Crippen molar-refractivity contribution in [1.29, 1.82) is 0 Å². The molecule has 1 heterocycles. The first-order valence-corrected chi connectivity index (χ1v) is 12.0. The fraction of sp³-hybridized carbons (Fsp3) is 0.0435. The molecule has 0 aliphatic carbocycles. The number of anilines is 2. The largest absolute Gasteiger partial charge is 0.298 e. The smallest absolute Gasteiger partial charge is 0.262 e. The van der Waals surface area contributed by atoms with Crippen LogP contribution in [0.1, 0.15) is 20.8 Å². The lowest BCUT2D eigenvalue weighted by Crippen LogP contribution is -2.16. The third-order valence-corrected chi connectivity index (χ3v) is 6.84. The molecule has 0 atom stereocenters. The Hall–Kier alpha value is -3.63. The number of thiazole rings is 1. The molecule has 0 saturated carbocycles. The van der Waals surface area contributed by atoms with Crippen molar-refractivity contribution in [1.82, 2.24) is 4.98 Å². The lowest BCUT2D eigenvalue weighted by molar-refractivity contribution is 0.102. The molecule has 0 fully saturated rings. The summed E-state index contributed by atoms with van der Waals surface area (Å²) in [7, 11) is -4.11. The molecule has 33 heavy (non-hydrogen) atoms. The summed E-state index contributed by atoms with van der Waals surface area (Å²) in [5, 5.41) is 2.96. The fourth-order valence-electron chi connectivity index (χ4n) is 3.02. The second-order valence-electron chi connectivity index (χ2n) is 7.01. The number of halogens is 2. The maximum Gasteiger partial charge on any atom is 0.262 e. The Bertz CT molecular complexity index is 1420. The van der Waals surface area contributed by atoms with E-state index in [1.807, 2.05) is 0 Å². The summed E-state index contributed by atoms with van der Waals surface area (Å²) < 4.78 is 54.6. The molecule has 0 aliphatic heterocycles. The molecular formula is C23H17F2N3O3S2. The second-order valence-corrected chi connectivity index (χ2v) is 9.80. The van der Waals surface area contributed by atoms with Crippen LogP contribution in [0.25, 0.3) is 0 Å². The van der Waals surface area contributed by atoms with Crippen LogP contribution in [0.15, 0.2) is 83.9 Å². The fourth-order valence-corrected chi connectivity index (χ4v) is 4.97. The number of hydrogen-bond donors (Lipinski definition) is 2. The van der Waals surface area contributed by atoms with Gasteiger partial charge in [0.2, 0.25) is 0 Å². The van der Waals surface area contributed by atoms with Crippen LogP contribution in [0.2, 0.25) is 0 Å². The standard InChI is InChI=1S/C23H17F2N3O3S2/c24-17-7-3-5-15(11-17)12-18-14-26-23(32-18)27-22(29)16-6-4-8-19(13-16)33(30,31)28-21-10-2-1-9-20(21)25/h1-11,13-14,28H,12H2,(H,26,27,29). The molecule has 168 valence electrons. The molecule has 6 nitrogen and oxygen atoms in total. The van der Waals surface area contributed by atoms with Crippen LogP contribution in [-0.4, -0.2) is 19.3 Å². The van der Waals surface area contributed by atoms with Crippen molar-refractivity contribution in [3.8, 4) is 0 Å². The number of nitrogens with one attached hydrogen (secondary N) is 2. The summed E-state index contributed by atoms with van der Waals surface area (Å²) in [4.78, 5) is 17.4. The zero-order chi connectivity index (χ0) is 23.4. The first-order valence-electron chi connectivity index (χ1n) is 9.68. The number of carbonyl (C=O) groups excluding carboxylic acids is 1. The highest BCUT2D eigenvalue weighted by Gasteiger charge is 2.18. The summed E-state index contributed by atoms with van der Waals surface area (Å²) in [5.41, 5.74) is 0.672. The van der Waals surface area contributed by atoms with Gasteiger partial charge in [-0.3, -0.25) is 14.8 Å². The zero-order valence-corrected chi connectivity index (χ0v) is 18.6. The summed E-state index contributed by atoms with van der Waals surface area (Å²) in [6, 6.07) is 17.0. The minimum atomic E-state index is -4.11. The number of sulfonamides is 1. The molecule has 0 aliphatic rings. The van der Waals surface area contributed by atoms with E-state index in [2.05, 4.69) is 15.0 Å². The van der Waals surface area contributed by atoms with Gasteiger partial charge in [-0.15, -0.1) is 11.3 Å². The van der Waals surface area contributed by atoms with Gasteiger partial charge in [-0.2, -0.15) is 0 Å². The SMILES string of the molecule is O=C(Nc1ncc(Cc2cccc(F)c2)s1)c1cccc(S(=O)(=O)Nc2ccccc2F)c1. The maximum atomic E-state index is 13.8. The number of benzene rings is 3. The van der Waals surface area contributed by atoms with Gasteiger partial charge in [-0.05, 0) is 48.0 Å². The highest BCUT2D eigenvalue weighted by Crippen LogP contribution is 2.23. The van der Waals surface area contributed by atoms with Crippen LogP contribution in [0.3, 0.4) is 0 Å². The van der Waals surface area contributed by atoms with Crippen molar-refractivity contribution < 1.29 is 22.0 Å². The molecule has 4 aromatic rings. The van der Waals surface area contributed by atoms with E-state index < -0.39 is 21.7 Å². The van der Waals surface area contributed by atoms with Crippen molar-refractivity contribution in [2.75, 3.05) is 10.0 Å². The first-order chi connectivity index (χ1) is 15.8. The minimum Gasteiger partial charge on any atom is -0.298 e. The van der Waals surface area contributed by atoms with Crippen molar-refractivity contribution in [2.24, 2.45) is 0 Å². The van der Waals surface area contributed by atoms with Gasteiger partial charge in [0.15, 0.2) is 5.13 Å². The minimum absolute atomic E-state index is 0.0910. The monoisotopic (exact) mass is 485 g/mol. The summed E-state index contributed by atoms with van der Waals surface area (Å²) >= 11 is 1.23. The van der Waals surface area contributed by atoms with E-state index in [-0.39, 0.29) is 22.0 Å². The highest BCUT2D eigenvalue weighted by atomic mass is 32.2. The van der Waals surface area contributed by atoms with E-state index >= 15 is 0 Å². The van der Waals surface area contributed by atoms with Gasteiger partial charge in [0, 0.05) is 23.1 Å². The zero-order valence-electron chi connectivity index (χ0n) is 17.0. The quantitative estimate of drug-likeness (QED) is 0.383. The Morgan fingerprint density at radius 3 is 2.55 bits per heavy atom.